The normalized spacial score (nSPS) is 34.5. The summed E-state index contributed by atoms with van der Waals surface area (Å²) in [6, 6.07) is -0.125. The molecule has 0 bridgehead atoms. The van der Waals surface area contributed by atoms with Gasteiger partial charge >= 0.3 is 5.97 Å². The molecule has 3 saturated heterocycles. The molecule has 3 heterocycles. The minimum atomic E-state index is -0.802. The van der Waals surface area contributed by atoms with Crippen LogP contribution in [-0.2, 0) is 33.3 Å². The molecule has 0 aromatic carbocycles. The van der Waals surface area contributed by atoms with E-state index in [1.807, 2.05) is 26.0 Å². The average Bonchev–Trinajstić information content (AvgIpc) is 3.68. The van der Waals surface area contributed by atoms with E-state index < -0.39 is 29.9 Å². The van der Waals surface area contributed by atoms with Crippen molar-refractivity contribution in [2.75, 3.05) is 19.7 Å². The van der Waals surface area contributed by atoms with E-state index >= 15 is 0 Å². The molecule has 0 aromatic rings. The van der Waals surface area contributed by atoms with Crippen LogP contribution in [-0.4, -0.2) is 90.9 Å². The first kappa shape index (κ1) is 32.9. The zero-order valence-corrected chi connectivity index (χ0v) is 24.8. The summed E-state index contributed by atoms with van der Waals surface area (Å²) >= 11 is 0. The van der Waals surface area contributed by atoms with Crippen LogP contribution in [0.5, 0.6) is 0 Å². The molecule has 1 unspecified atom stereocenters. The number of aliphatic hydroxyl groups excluding tert-OH is 1. The fraction of sp³-hybridized carbons (Fsp3) is 0.700. The number of carbonyl (C=O) groups is 3. The highest BCUT2D eigenvalue weighted by atomic mass is 16.6. The van der Waals surface area contributed by atoms with Crippen LogP contribution in [0.15, 0.2) is 36.0 Å². The van der Waals surface area contributed by atoms with Gasteiger partial charge in [-0.05, 0) is 45.6 Å². The van der Waals surface area contributed by atoms with Crippen LogP contribution in [0.3, 0.4) is 0 Å². The number of aliphatic hydroxyl groups is 1. The third-order valence-corrected chi connectivity index (χ3v) is 7.80. The molecule has 0 saturated carbocycles. The van der Waals surface area contributed by atoms with Crippen molar-refractivity contribution in [3.63, 3.8) is 0 Å². The summed E-state index contributed by atoms with van der Waals surface area (Å²) in [7, 11) is 0. The van der Waals surface area contributed by atoms with Crippen molar-refractivity contribution < 1.29 is 38.4 Å². The summed E-state index contributed by atoms with van der Waals surface area (Å²) in [5, 5.41) is 16.6. The number of epoxide rings is 1. The van der Waals surface area contributed by atoms with Crippen LogP contribution >= 0.6 is 0 Å². The van der Waals surface area contributed by atoms with E-state index in [4.69, 9.17) is 24.7 Å². The molecule has 2 amide bonds. The number of nitrogens with one attached hydrogen (secondary N) is 2. The van der Waals surface area contributed by atoms with Crippen molar-refractivity contribution >= 4 is 17.8 Å². The molecule has 0 radical (unpaired) electrons. The van der Waals surface area contributed by atoms with Gasteiger partial charge in [0.2, 0.25) is 11.8 Å². The first-order valence-electron chi connectivity index (χ1n) is 14.5. The SMILES string of the molecule is CC(=O)OC(C)/C=C\C(=O)N[C@@H]1C[C@H](C)[C@H](C/C=C(C)/C=C/[C@H]2O[C@H](CC(=O)NCCN)C[C@@]3(CO3)[C@@H]2O)O[C@@H]1C. The molecule has 3 aliphatic rings. The van der Waals surface area contributed by atoms with E-state index in [-0.39, 0.29) is 48.5 Å². The van der Waals surface area contributed by atoms with E-state index in [9.17, 15) is 19.5 Å². The molecule has 3 rings (SSSR count). The Kier molecular flexibility index (Phi) is 12.1. The Balaban J connectivity index is 1.49. The number of hydrogen-bond acceptors (Lipinski definition) is 9. The van der Waals surface area contributed by atoms with Gasteiger partial charge in [0, 0.05) is 32.5 Å². The van der Waals surface area contributed by atoms with E-state index in [1.54, 1.807) is 13.0 Å². The Labute approximate surface area is 242 Å². The molecule has 5 N–H and O–H groups in total. The fourth-order valence-electron chi connectivity index (χ4n) is 5.38. The summed E-state index contributed by atoms with van der Waals surface area (Å²) in [5.74, 6) is -0.559. The maximum Gasteiger partial charge on any atom is 0.303 e. The van der Waals surface area contributed by atoms with E-state index in [0.29, 0.717) is 32.5 Å². The summed E-state index contributed by atoms with van der Waals surface area (Å²) in [4.78, 5) is 35.6. The van der Waals surface area contributed by atoms with Crippen LogP contribution < -0.4 is 16.4 Å². The first-order valence-corrected chi connectivity index (χ1v) is 14.5. The minimum absolute atomic E-state index is 0.00268. The van der Waals surface area contributed by atoms with Gasteiger partial charge in [0.15, 0.2) is 0 Å². The molecular formula is C30H47N3O8. The predicted molar refractivity (Wildman–Crippen MR) is 153 cm³/mol. The predicted octanol–water partition coefficient (Wildman–Crippen LogP) is 1.44. The zero-order valence-electron chi connectivity index (χ0n) is 24.8. The van der Waals surface area contributed by atoms with Gasteiger partial charge in [0.25, 0.3) is 0 Å². The summed E-state index contributed by atoms with van der Waals surface area (Å²) in [6.07, 6.45) is 8.56. The number of rotatable bonds is 12. The van der Waals surface area contributed by atoms with Gasteiger partial charge in [-0.3, -0.25) is 14.4 Å². The molecule has 11 heteroatoms. The summed E-state index contributed by atoms with van der Waals surface area (Å²) < 4.78 is 22.9. The average molecular weight is 578 g/mol. The van der Waals surface area contributed by atoms with Crippen molar-refractivity contribution in [1.29, 1.82) is 0 Å². The van der Waals surface area contributed by atoms with Gasteiger partial charge in [-0.1, -0.05) is 30.7 Å². The lowest BCUT2D eigenvalue weighted by atomic mass is 9.87. The standard InChI is InChI=1S/C30H47N3O8/c1-18(7-10-26-29(37)30(17-38-30)16-23(41-26)15-28(36)32-13-12-31)6-9-25-19(2)14-24(21(4)40-25)33-27(35)11-8-20(3)39-22(5)34/h6-8,10-11,19-21,23-26,29,37H,9,12-17,31H2,1-5H3,(H,32,36)(H,33,35)/b10-7+,11-8-,18-6+/t19-,20?,21+,23+,24+,25-,26+,29+,30+/m0/s1. The molecule has 41 heavy (non-hydrogen) atoms. The molecular weight excluding hydrogens is 530 g/mol. The van der Waals surface area contributed by atoms with Crippen molar-refractivity contribution in [3.8, 4) is 0 Å². The van der Waals surface area contributed by atoms with Crippen molar-refractivity contribution in [2.45, 2.75) is 109 Å². The van der Waals surface area contributed by atoms with Crippen LogP contribution in [0.2, 0.25) is 0 Å². The number of amides is 2. The van der Waals surface area contributed by atoms with Crippen LogP contribution in [0.4, 0.5) is 0 Å². The van der Waals surface area contributed by atoms with Crippen LogP contribution in [0.25, 0.3) is 0 Å². The van der Waals surface area contributed by atoms with Crippen molar-refractivity contribution in [1.82, 2.24) is 10.6 Å². The van der Waals surface area contributed by atoms with Crippen LogP contribution in [0.1, 0.15) is 60.3 Å². The molecule has 0 aliphatic carbocycles. The number of ether oxygens (including phenoxy) is 4. The third-order valence-electron chi connectivity index (χ3n) is 7.80. The number of nitrogens with two attached hydrogens (primary N) is 1. The van der Waals surface area contributed by atoms with Gasteiger partial charge in [0.05, 0.1) is 37.4 Å². The monoisotopic (exact) mass is 577 g/mol. The smallest absolute Gasteiger partial charge is 0.303 e. The number of esters is 1. The van der Waals surface area contributed by atoms with Crippen LogP contribution in [0, 0.1) is 5.92 Å². The molecule has 0 aromatic heterocycles. The molecule has 230 valence electrons. The molecule has 3 aliphatic heterocycles. The topological polar surface area (TPSA) is 162 Å². The Morgan fingerprint density at radius 3 is 2.59 bits per heavy atom. The molecule has 3 fully saturated rings. The highest BCUT2D eigenvalue weighted by molar-refractivity contribution is 5.87. The van der Waals surface area contributed by atoms with E-state index in [0.717, 1.165) is 12.0 Å². The molecule has 9 atom stereocenters. The summed E-state index contributed by atoms with van der Waals surface area (Å²) in [5.41, 5.74) is 5.82. The second-order valence-electron chi connectivity index (χ2n) is 11.5. The maximum absolute atomic E-state index is 12.4. The Morgan fingerprint density at radius 2 is 1.93 bits per heavy atom. The second kappa shape index (κ2) is 15.1. The number of hydrogen-bond donors (Lipinski definition) is 4. The quantitative estimate of drug-likeness (QED) is 0.116. The Hall–Kier alpha value is -2.57. The number of carbonyl (C=O) groups excluding carboxylic acids is 3. The lowest BCUT2D eigenvalue weighted by Gasteiger charge is -2.39. The van der Waals surface area contributed by atoms with Gasteiger partial charge in [-0.25, -0.2) is 0 Å². The maximum atomic E-state index is 12.4. The highest BCUT2D eigenvalue weighted by Crippen LogP contribution is 2.43. The van der Waals surface area contributed by atoms with Gasteiger partial charge in [0.1, 0.15) is 23.9 Å². The fourth-order valence-corrected chi connectivity index (χ4v) is 5.38. The first-order chi connectivity index (χ1) is 19.4. The largest absolute Gasteiger partial charge is 0.459 e. The molecule has 1 spiro atoms. The van der Waals surface area contributed by atoms with Crippen molar-refractivity contribution in [3.05, 3.63) is 36.0 Å². The highest BCUT2D eigenvalue weighted by Gasteiger charge is 2.58. The van der Waals surface area contributed by atoms with Crippen molar-refractivity contribution in [2.24, 2.45) is 11.7 Å². The minimum Gasteiger partial charge on any atom is -0.459 e. The molecule has 11 nitrogen and oxygen atoms in total. The lowest BCUT2D eigenvalue weighted by molar-refractivity contribution is -0.145. The Bertz CT molecular complexity index is 1010. The van der Waals surface area contributed by atoms with Gasteiger partial charge < -0.3 is 40.4 Å². The second-order valence-corrected chi connectivity index (χ2v) is 11.5. The van der Waals surface area contributed by atoms with E-state index in [2.05, 4.69) is 23.6 Å². The zero-order chi connectivity index (χ0) is 30.2. The van der Waals surface area contributed by atoms with Gasteiger partial charge in [-0.2, -0.15) is 0 Å². The number of allylic oxidation sites excluding steroid dienone is 2. The summed E-state index contributed by atoms with van der Waals surface area (Å²) in [6.45, 7) is 10.3. The Morgan fingerprint density at radius 1 is 1.20 bits per heavy atom. The van der Waals surface area contributed by atoms with Gasteiger partial charge in [-0.15, -0.1) is 0 Å². The third kappa shape index (κ3) is 10.0. The van der Waals surface area contributed by atoms with E-state index in [1.165, 1.54) is 13.0 Å². The lowest BCUT2D eigenvalue weighted by Crippen LogP contribution is -2.51.